The average Bonchev–Trinajstić information content (AvgIpc) is 2.80. The summed E-state index contributed by atoms with van der Waals surface area (Å²) in [6.07, 6.45) is 0. The van der Waals surface area contributed by atoms with E-state index in [9.17, 15) is 8.78 Å². The Morgan fingerprint density at radius 3 is 2.53 bits per heavy atom. The summed E-state index contributed by atoms with van der Waals surface area (Å²) in [6, 6.07) is 2.56. The van der Waals surface area contributed by atoms with Gasteiger partial charge in [0.15, 0.2) is 11.6 Å². The molecule has 1 unspecified atom stereocenters. The van der Waals surface area contributed by atoms with Crippen molar-refractivity contribution in [2.45, 2.75) is 13.0 Å². The molecule has 0 saturated carbocycles. The third kappa shape index (κ3) is 3.07. The first kappa shape index (κ1) is 15.1. The van der Waals surface area contributed by atoms with Gasteiger partial charge in [-0.3, -0.25) is 0 Å². The molecule has 0 saturated heterocycles. The van der Waals surface area contributed by atoms with Crippen LogP contribution >= 0.6 is 43.2 Å². The Morgan fingerprint density at radius 2 is 1.95 bits per heavy atom. The number of rotatable bonds is 4. The minimum Gasteiger partial charge on any atom is -0.306 e. The Balaban J connectivity index is 2.52. The summed E-state index contributed by atoms with van der Waals surface area (Å²) in [7, 11) is 0. The quantitative estimate of drug-likeness (QED) is 0.678. The van der Waals surface area contributed by atoms with E-state index in [0.717, 1.165) is 22.6 Å². The van der Waals surface area contributed by atoms with Crippen molar-refractivity contribution in [1.29, 1.82) is 0 Å². The largest absolute Gasteiger partial charge is 0.306 e. The Kier molecular flexibility index (Phi) is 5.11. The van der Waals surface area contributed by atoms with Crippen LogP contribution in [-0.4, -0.2) is 6.54 Å². The van der Waals surface area contributed by atoms with Crippen molar-refractivity contribution in [2.24, 2.45) is 0 Å². The van der Waals surface area contributed by atoms with Gasteiger partial charge in [-0.15, -0.1) is 0 Å². The number of hydrogen-bond donors (Lipinski definition) is 1. The van der Waals surface area contributed by atoms with Crippen molar-refractivity contribution in [2.75, 3.05) is 6.54 Å². The Labute approximate surface area is 131 Å². The second-order valence-electron chi connectivity index (χ2n) is 3.93. The molecule has 2 rings (SSSR count). The first-order chi connectivity index (χ1) is 9.06. The minimum atomic E-state index is -0.855. The zero-order chi connectivity index (χ0) is 14.0. The van der Waals surface area contributed by atoms with Gasteiger partial charge < -0.3 is 5.32 Å². The van der Waals surface area contributed by atoms with E-state index in [1.165, 1.54) is 0 Å². The average molecular weight is 411 g/mol. The van der Waals surface area contributed by atoms with E-state index in [-0.39, 0.29) is 10.5 Å². The third-order valence-corrected chi connectivity index (χ3v) is 5.30. The first-order valence-corrected chi connectivity index (χ1v) is 8.17. The van der Waals surface area contributed by atoms with Gasteiger partial charge in [-0.2, -0.15) is 11.3 Å². The van der Waals surface area contributed by atoms with Crippen molar-refractivity contribution < 1.29 is 8.78 Å². The molecule has 1 nitrogen and oxygen atoms in total. The van der Waals surface area contributed by atoms with Crippen molar-refractivity contribution in [3.63, 3.8) is 0 Å². The van der Waals surface area contributed by atoms with Gasteiger partial charge in [0, 0.05) is 9.85 Å². The maximum atomic E-state index is 13.7. The maximum Gasteiger partial charge on any atom is 0.173 e. The minimum absolute atomic E-state index is 0.163. The predicted octanol–water partition coefficient (Wildman–Crippen LogP) is 5.25. The number of benzene rings is 1. The smallest absolute Gasteiger partial charge is 0.173 e. The highest BCUT2D eigenvalue weighted by atomic mass is 79.9. The topological polar surface area (TPSA) is 12.0 Å². The molecule has 1 N–H and O–H groups in total. The summed E-state index contributed by atoms with van der Waals surface area (Å²) in [5, 5.41) is 7.24. The van der Waals surface area contributed by atoms with Crippen molar-refractivity contribution in [3.05, 3.63) is 54.6 Å². The molecule has 19 heavy (non-hydrogen) atoms. The van der Waals surface area contributed by atoms with Crippen LogP contribution in [0.15, 0.2) is 31.8 Å². The predicted molar refractivity (Wildman–Crippen MR) is 81.6 cm³/mol. The lowest BCUT2D eigenvalue weighted by atomic mass is 10.0. The molecule has 0 aliphatic heterocycles. The van der Waals surface area contributed by atoms with Crippen LogP contribution < -0.4 is 5.32 Å². The van der Waals surface area contributed by atoms with Gasteiger partial charge in [0.2, 0.25) is 0 Å². The van der Waals surface area contributed by atoms with E-state index in [1.807, 2.05) is 17.7 Å². The molecule has 1 heterocycles. The number of hydrogen-bond acceptors (Lipinski definition) is 2. The Hall–Kier alpha value is -0.300. The van der Waals surface area contributed by atoms with Crippen LogP contribution in [0.5, 0.6) is 0 Å². The molecule has 0 aliphatic rings. The molecule has 0 aliphatic carbocycles. The van der Waals surface area contributed by atoms with Crippen molar-refractivity contribution in [3.8, 4) is 0 Å². The van der Waals surface area contributed by atoms with Crippen LogP contribution in [-0.2, 0) is 0 Å². The zero-order valence-corrected chi connectivity index (χ0v) is 14.0. The lowest BCUT2D eigenvalue weighted by molar-refractivity contribution is 0.498. The van der Waals surface area contributed by atoms with Gasteiger partial charge in [0.25, 0.3) is 0 Å². The third-order valence-electron chi connectivity index (χ3n) is 2.74. The molecular formula is C13H11Br2F2NS. The zero-order valence-electron chi connectivity index (χ0n) is 10.0. The van der Waals surface area contributed by atoms with E-state index in [2.05, 4.69) is 37.2 Å². The second kappa shape index (κ2) is 6.43. The van der Waals surface area contributed by atoms with Gasteiger partial charge in [0.1, 0.15) is 0 Å². The number of nitrogens with one attached hydrogen (secondary N) is 1. The van der Waals surface area contributed by atoms with Crippen LogP contribution in [0.1, 0.15) is 24.1 Å². The van der Waals surface area contributed by atoms with Crippen molar-refractivity contribution >= 4 is 43.2 Å². The fraction of sp³-hybridized carbons (Fsp3) is 0.231. The van der Waals surface area contributed by atoms with E-state index in [1.54, 1.807) is 17.4 Å². The lowest BCUT2D eigenvalue weighted by Crippen LogP contribution is -2.22. The number of halogens is 4. The van der Waals surface area contributed by atoms with Crippen LogP contribution in [0.4, 0.5) is 8.78 Å². The van der Waals surface area contributed by atoms with E-state index in [0.29, 0.717) is 5.56 Å². The second-order valence-corrected chi connectivity index (χ2v) is 6.32. The molecule has 1 atom stereocenters. The lowest BCUT2D eigenvalue weighted by Gasteiger charge is -2.20. The molecule has 0 spiro atoms. The molecule has 1 aromatic heterocycles. The van der Waals surface area contributed by atoms with Crippen molar-refractivity contribution in [1.82, 2.24) is 5.32 Å². The van der Waals surface area contributed by atoms with Crippen LogP contribution in [0.3, 0.4) is 0 Å². The maximum absolute atomic E-state index is 13.7. The highest BCUT2D eigenvalue weighted by Gasteiger charge is 2.22. The van der Waals surface area contributed by atoms with Gasteiger partial charge in [-0.05, 0) is 61.0 Å². The highest BCUT2D eigenvalue weighted by molar-refractivity contribution is 9.10. The first-order valence-electron chi connectivity index (χ1n) is 5.64. The Morgan fingerprint density at radius 1 is 1.21 bits per heavy atom. The van der Waals surface area contributed by atoms with Gasteiger partial charge in [-0.1, -0.05) is 13.0 Å². The van der Waals surface area contributed by atoms with Gasteiger partial charge in [-0.25, -0.2) is 8.78 Å². The molecule has 0 radical (unpaired) electrons. The standard InChI is InChI=1S/C13H11Br2F2NS/c1-2-18-13(8-5-19-6-9(8)14)7-3-4-10(16)12(17)11(7)15/h3-6,13,18H,2H2,1H3. The SMILES string of the molecule is CCNC(c1cscc1Br)c1ccc(F)c(F)c1Br. The summed E-state index contributed by atoms with van der Waals surface area (Å²) in [5.74, 6) is -1.71. The van der Waals surface area contributed by atoms with Gasteiger partial charge >= 0.3 is 0 Å². The molecule has 102 valence electrons. The highest BCUT2D eigenvalue weighted by Crippen LogP contribution is 2.36. The fourth-order valence-corrected chi connectivity index (χ4v) is 3.96. The normalized spacial score (nSPS) is 12.7. The molecule has 0 amide bonds. The van der Waals surface area contributed by atoms with Crippen LogP contribution in [0.2, 0.25) is 0 Å². The molecule has 1 aromatic carbocycles. The van der Waals surface area contributed by atoms with E-state index < -0.39 is 11.6 Å². The molecule has 0 bridgehead atoms. The summed E-state index contributed by atoms with van der Waals surface area (Å²) < 4.78 is 28.0. The number of thiophene rings is 1. The van der Waals surface area contributed by atoms with Crippen LogP contribution in [0, 0.1) is 11.6 Å². The van der Waals surface area contributed by atoms with E-state index >= 15 is 0 Å². The Bertz CT molecular complexity index is 586. The fourth-order valence-electron chi connectivity index (χ4n) is 1.85. The molecular weight excluding hydrogens is 400 g/mol. The summed E-state index contributed by atoms with van der Waals surface area (Å²) in [5.41, 5.74) is 1.69. The molecule has 6 heteroatoms. The summed E-state index contributed by atoms with van der Waals surface area (Å²) >= 11 is 8.18. The summed E-state index contributed by atoms with van der Waals surface area (Å²) in [6.45, 7) is 2.69. The summed E-state index contributed by atoms with van der Waals surface area (Å²) in [4.78, 5) is 0. The van der Waals surface area contributed by atoms with Crippen LogP contribution in [0.25, 0.3) is 0 Å². The monoisotopic (exact) mass is 409 g/mol. The van der Waals surface area contributed by atoms with Gasteiger partial charge in [0.05, 0.1) is 10.5 Å². The molecule has 2 aromatic rings. The molecule has 0 fully saturated rings. The van der Waals surface area contributed by atoms with E-state index in [4.69, 9.17) is 0 Å².